The van der Waals surface area contributed by atoms with Crippen LogP contribution in [0.1, 0.15) is 0 Å². The number of aromatic hydroxyl groups is 1. The van der Waals surface area contributed by atoms with E-state index in [2.05, 4.69) is 31.9 Å². The Morgan fingerprint density at radius 1 is 1.09 bits per heavy atom. The molecule has 0 radical (unpaired) electrons. The SMILES string of the molecule is Oc1c(Br)cc(Br)c(Cl)c1Cl. The molecule has 0 aliphatic carbocycles. The maximum absolute atomic E-state index is 9.23. The van der Waals surface area contributed by atoms with Gasteiger partial charge in [0.05, 0.1) is 9.50 Å². The van der Waals surface area contributed by atoms with Gasteiger partial charge in [-0.15, -0.1) is 0 Å². The molecule has 0 unspecified atom stereocenters. The van der Waals surface area contributed by atoms with Crippen molar-refractivity contribution in [1.82, 2.24) is 0 Å². The molecule has 0 aliphatic rings. The second-order valence-corrected chi connectivity index (χ2v) is 4.28. The molecule has 1 nitrogen and oxygen atoms in total. The molecule has 0 spiro atoms. The van der Waals surface area contributed by atoms with E-state index in [1.165, 1.54) is 0 Å². The first-order valence-electron chi connectivity index (χ1n) is 2.56. The third kappa shape index (κ3) is 1.83. The zero-order chi connectivity index (χ0) is 8.59. The Bertz CT molecular complexity index is 275. The highest BCUT2D eigenvalue weighted by Gasteiger charge is 2.11. The highest BCUT2D eigenvalue weighted by atomic mass is 79.9. The Kier molecular flexibility index (Phi) is 3.09. The molecule has 0 heterocycles. The van der Waals surface area contributed by atoms with Crippen LogP contribution in [0.25, 0.3) is 0 Å². The lowest BCUT2D eigenvalue weighted by atomic mass is 10.3. The van der Waals surface area contributed by atoms with Gasteiger partial charge in [-0.1, -0.05) is 23.2 Å². The molecule has 1 aromatic carbocycles. The van der Waals surface area contributed by atoms with Crippen LogP contribution < -0.4 is 0 Å². The Hall–Kier alpha value is 0.560. The summed E-state index contributed by atoms with van der Waals surface area (Å²) in [5.74, 6) is -0.0418. The van der Waals surface area contributed by atoms with Gasteiger partial charge in [-0.3, -0.25) is 0 Å². The zero-order valence-corrected chi connectivity index (χ0v) is 9.72. The summed E-state index contributed by atoms with van der Waals surface area (Å²) < 4.78 is 1.16. The maximum atomic E-state index is 9.23. The Labute approximate surface area is 90.6 Å². The monoisotopic (exact) mass is 318 g/mol. The Morgan fingerprint density at radius 2 is 1.64 bits per heavy atom. The van der Waals surface area contributed by atoms with Crippen molar-refractivity contribution in [1.29, 1.82) is 0 Å². The fourth-order valence-corrected chi connectivity index (χ4v) is 2.29. The number of benzene rings is 1. The number of rotatable bonds is 0. The third-order valence-corrected chi connectivity index (χ3v) is 3.41. The predicted octanol–water partition coefficient (Wildman–Crippen LogP) is 4.22. The van der Waals surface area contributed by atoms with Gasteiger partial charge >= 0.3 is 0 Å². The average Bonchev–Trinajstić information content (AvgIpc) is 1.97. The first-order chi connectivity index (χ1) is 5.04. The minimum atomic E-state index is -0.0418. The number of hydrogen-bond donors (Lipinski definition) is 1. The van der Waals surface area contributed by atoms with Crippen LogP contribution >= 0.6 is 55.1 Å². The van der Waals surface area contributed by atoms with Crippen molar-refractivity contribution in [2.45, 2.75) is 0 Å². The van der Waals surface area contributed by atoms with Crippen molar-refractivity contribution in [2.75, 3.05) is 0 Å². The molecule has 0 aromatic heterocycles. The summed E-state index contributed by atoms with van der Waals surface area (Å²) in [5.41, 5.74) is 0. The van der Waals surface area contributed by atoms with Gasteiger partial charge in [0.1, 0.15) is 10.8 Å². The molecule has 0 atom stereocenters. The fourth-order valence-electron chi connectivity index (χ4n) is 0.557. The summed E-state index contributed by atoms with van der Waals surface area (Å²) in [6, 6.07) is 1.63. The van der Waals surface area contributed by atoms with Crippen molar-refractivity contribution < 1.29 is 5.11 Å². The van der Waals surface area contributed by atoms with Crippen LogP contribution in [0.2, 0.25) is 10.0 Å². The van der Waals surface area contributed by atoms with E-state index in [9.17, 15) is 5.11 Å². The van der Waals surface area contributed by atoms with E-state index in [0.29, 0.717) is 14.0 Å². The van der Waals surface area contributed by atoms with Gasteiger partial charge in [-0.05, 0) is 37.9 Å². The van der Waals surface area contributed by atoms with Crippen molar-refractivity contribution in [2.24, 2.45) is 0 Å². The summed E-state index contributed by atoms with van der Waals surface area (Å²) in [5, 5.41) is 9.69. The number of hydrogen-bond acceptors (Lipinski definition) is 1. The quantitative estimate of drug-likeness (QED) is 0.560. The molecule has 11 heavy (non-hydrogen) atoms. The van der Waals surface area contributed by atoms with E-state index in [1.54, 1.807) is 6.07 Å². The van der Waals surface area contributed by atoms with Gasteiger partial charge in [0.25, 0.3) is 0 Å². The van der Waals surface area contributed by atoms with Crippen molar-refractivity contribution in [3.05, 3.63) is 25.1 Å². The van der Waals surface area contributed by atoms with Gasteiger partial charge in [-0.2, -0.15) is 0 Å². The van der Waals surface area contributed by atoms with Crippen LogP contribution in [-0.4, -0.2) is 5.11 Å². The molecule has 0 saturated carbocycles. The second kappa shape index (κ2) is 3.52. The van der Waals surface area contributed by atoms with Crippen LogP contribution in [0.15, 0.2) is 15.0 Å². The molecule has 0 aliphatic heterocycles. The van der Waals surface area contributed by atoms with Crippen LogP contribution in [0.5, 0.6) is 5.75 Å². The van der Waals surface area contributed by atoms with Gasteiger partial charge in [0, 0.05) is 4.47 Å². The second-order valence-electron chi connectivity index (χ2n) is 1.82. The van der Waals surface area contributed by atoms with Gasteiger partial charge in [-0.25, -0.2) is 0 Å². The van der Waals surface area contributed by atoms with Crippen molar-refractivity contribution in [3.8, 4) is 5.75 Å². The molecule has 1 N–H and O–H groups in total. The number of phenols is 1. The van der Waals surface area contributed by atoms with Gasteiger partial charge < -0.3 is 5.11 Å². The number of halogens is 4. The summed E-state index contributed by atoms with van der Waals surface area (Å²) in [4.78, 5) is 0. The van der Waals surface area contributed by atoms with E-state index in [-0.39, 0.29) is 10.8 Å². The molecule has 1 aromatic rings. The average molecular weight is 321 g/mol. The maximum Gasteiger partial charge on any atom is 0.149 e. The van der Waals surface area contributed by atoms with Crippen molar-refractivity contribution in [3.63, 3.8) is 0 Å². The first-order valence-corrected chi connectivity index (χ1v) is 4.90. The standard InChI is InChI=1S/C6H2Br2Cl2O/c7-2-1-3(8)6(11)5(10)4(2)9/h1,11H. The van der Waals surface area contributed by atoms with Crippen molar-refractivity contribution >= 4 is 55.1 Å². The molecular formula is C6H2Br2Cl2O. The van der Waals surface area contributed by atoms with Crippen LogP contribution in [0.4, 0.5) is 0 Å². The van der Waals surface area contributed by atoms with E-state index < -0.39 is 0 Å². The zero-order valence-electron chi connectivity index (χ0n) is 5.04. The molecular weight excluding hydrogens is 319 g/mol. The van der Waals surface area contributed by atoms with Crippen LogP contribution in [0, 0.1) is 0 Å². The normalized spacial score (nSPS) is 10.2. The lowest BCUT2D eigenvalue weighted by Crippen LogP contribution is -1.75. The molecule has 0 amide bonds. The van der Waals surface area contributed by atoms with Crippen LogP contribution in [-0.2, 0) is 0 Å². The molecule has 0 fully saturated rings. The predicted molar refractivity (Wildman–Crippen MR) is 53.5 cm³/mol. The Balaban J connectivity index is 3.46. The lowest BCUT2D eigenvalue weighted by Gasteiger charge is -2.03. The van der Waals surface area contributed by atoms with E-state index in [4.69, 9.17) is 23.2 Å². The summed E-state index contributed by atoms with van der Waals surface area (Å²) >= 11 is 17.6. The summed E-state index contributed by atoms with van der Waals surface area (Å²) in [6.07, 6.45) is 0. The molecule has 5 heteroatoms. The molecule has 60 valence electrons. The minimum absolute atomic E-state index is 0.0418. The topological polar surface area (TPSA) is 20.2 Å². The van der Waals surface area contributed by atoms with E-state index in [0.717, 1.165) is 0 Å². The summed E-state index contributed by atoms with van der Waals surface area (Å²) in [7, 11) is 0. The molecule has 0 saturated heterocycles. The minimum Gasteiger partial charge on any atom is -0.505 e. The van der Waals surface area contributed by atoms with E-state index >= 15 is 0 Å². The summed E-state index contributed by atoms with van der Waals surface area (Å²) in [6.45, 7) is 0. The Morgan fingerprint density at radius 3 is 2.18 bits per heavy atom. The number of phenolic OH excluding ortho intramolecular Hbond substituents is 1. The smallest absolute Gasteiger partial charge is 0.149 e. The fraction of sp³-hybridized carbons (Fsp3) is 0. The molecule has 0 bridgehead atoms. The van der Waals surface area contributed by atoms with Crippen LogP contribution in [0.3, 0.4) is 0 Å². The van der Waals surface area contributed by atoms with Gasteiger partial charge in [0.2, 0.25) is 0 Å². The highest BCUT2D eigenvalue weighted by molar-refractivity contribution is 9.11. The third-order valence-electron chi connectivity index (χ3n) is 1.09. The first kappa shape index (κ1) is 9.65. The largest absolute Gasteiger partial charge is 0.505 e. The molecule has 1 rings (SSSR count). The lowest BCUT2D eigenvalue weighted by molar-refractivity contribution is 0.472. The highest BCUT2D eigenvalue weighted by Crippen LogP contribution is 2.41. The van der Waals surface area contributed by atoms with E-state index in [1.807, 2.05) is 0 Å². The van der Waals surface area contributed by atoms with Gasteiger partial charge in [0.15, 0.2) is 0 Å².